The third-order valence-corrected chi connectivity index (χ3v) is 4.65. The molecule has 0 spiro atoms. The number of amides is 1. The molecule has 1 amide bonds. The van der Waals surface area contributed by atoms with Crippen LogP contribution < -0.4 is 5.32 Å². The van der Waals surface area contributed by atoms with Crippen molar-refractivity contribution in [1.82, 2.24) is 5.32 Å². The molecule has 3 heteroatoms. The quantitative estimate of drug-likeness (QED) is 0.868. The van der Waals surface area contributed by atoms with Gasteiger partial charge in [0.05, 0.1) is 12.1 Å². The number of aliphatic hydroxyl groups is 1. The van der Waals surface area contributed by atoms with Crippen LogP contribution in [0.4, 0.5) is 0 Å². The molecule has 110 valence electrons. The number of carbonyl (C=O) groups is 1. The van der Waals surface area contributed by atoms with Crippen molar-refractivity contribution in [2.75, 3.05) is 6.61 Å². The highest BCUT2D eigenvalue weighted by Gasteiger charge is 2.27. The molecule has 3 nitrogen and oxygen atoms in total. The van der Waals surface area contributed by atoms with Crippen LogP contribution in [0, 0.1) is 0 Å². The van der Waals surface area contributed by atoms with Crippen LogP contribution in [0.2, 0.25) is 0 Å². The number of benzene rings is 1. The van der Waals surface area contributed by atoms with Crippen LogP contribution in [0.25, 0.3) is 0 Å². The van der Waals surface area contributed by atoms with Gasteiger partial charge in [0.2, 0.25) is 0 Å². The third kappa shape index (κ3) is 3.04. The molecule has 0 aromatic heterocycles. The highest BCUT2D eigenvalue weighted by molar-refractivity contribution is 5.95. The topological polar surface area (TPSA) is 49.3 Å². The van der Waals surface area contributed by atoms with Crippen molar-refractivity contribution in [2.45, 2.75) is 57.9 Å². The first-order valence-corrected chi connectivity index (χ1v) is 7.69. The molecule has 20 heavy (non-hydrogen) atoms. The van der Waals surface area contributed by atoms with E-state index < -0.39 is 5.54 Å². The molecule has 0 aliphatic heterocycles. The van der Waals surface area contributed by atoms with Gasteiger partial charge in [-0.25, -0.2) is 0 Å². The number of carbonyl (C=O) groups excluding carboxylic acids is 1. The summed E-state index contributed by atoms with van der Waals surface area (Å²) in [4.78, 5) is 12.4. The predicted octanol–water partition coefficient (Wildman–Crippen LogP) is 2.85. The SMILES string of the molecule is CCC(CC)(CO)NC(=O)c1ccc2c(c1)CCCC2. The van der Waals surface area contributed by atoms with Crippen LogP contribution in [-0.4, -0.2) is 23.2 Å². The maximum absolute atomic E-state index is 12.4. The second-order valence-electron chi connectivity index (χ2n) is 5.79. The van der Waals surface area contributed by atoms with Gasteiger partial charge in [0, 0.05) is 5.56 Å². The Hall–Kier alpha value is -1.35. The predicted molar refractivity (Wildman–Crippen MR) is 80.9 cm³/mol. The fraction of sp³-hybridized carbons (Fsp3) is 0.588. The molecule has 0 saturated carbocycles. The van der Waals surface area contributed by atoms with Gasteiger partial charge >= 0.3 is 0 Å². The zero-order chi connectivity index (χ0) is 14.6. The Morgan fingerprint density at radius 1 is 1.20 bits per heavy atom. The number of fused-ring (bicyclic) bond motifs is 1. The van der Waals surface area contributed by atoms with E-state index in [9.17, 15) is 9.90 Å². The first-order chi connectivity index (χ1) is 9.64. The van der Waals surface area contributed by atoms with Gasteiger partial charge in [-0.05, 0) is 61.8 Å². The molecule has 0 bridgehead atoms. The Kier molecular flexibility index (Phi) is 4.81. The molecule has 2 N–H and O–H groups in total. The van der Waals surface area contributed by atoms with Gasteiger partial charge in [-0.1, -0.05) is 19.9 Å². The number of hydrogen-bond acceptors (Lipinski definition) is 2. The van der Waals surface area contributed by atoms with E-state index in [2.05, 4.69) is 11.4 Å². The normalized spacial score (nSPS) is 14.8. The van der Waals surface area contributed by atoms with Crippen molar-refractivity contribution < 1.29 is 9.90 Å². The van der Waals surface area contributed by atoms with Crippen molar-refractivity contribution in [3.63, 3.8) is 0 Å². The third-order valence-electron chi connectivity index (χ3n) is 4.65. The highest BCUT2D eigenvalue weighted by Crippen LogP contribution is 2.23. The van der Waals surface area contributed by atoms with Gasteiger partial charge in [-0.15, -0.1) is 0 Å². The largest absolute Gasteiger partial charge is 0.394 e. The molecule has 1 aliphatic carbocycles. The van der Waals surface area contributed by atoms with E-state index in [0.29, 0.717) is 5.56 Å². The number of aliphatic hydroxyl groups excluding tert-OH is 1. The minimum absolute atomic E-state index is 0.0172. The van der Waals surface area contributed by atoms with Crippen molar-refractivity contribution in [1.29, 1.82) is 0 Å². The van der Waals surface area contributed by atoms with Crippen molar-refractivity contribution >= 4 is 5.91 Å². The Labute approximate surface area is 121 Å². The Morgan fingerprint density at radius 2 is 1.85 bits per heavy atom. The second kappa shape index (κ2) is 6.40. The fourth-order valence-corrected chi connectivity index (χ4v) is 2.88. The Balaban J connectivity index is 2.17. The van der Waals surface area contributed by atoms with E-state index in [1.807, 2.05) is 26.0 Å². The Bertz CT molecular complexity index is 470. The number of aryl methyl sites for hydroxylation is 2. The maximum atomic E-state index is 12.4. The summed E-state index contributed by atoms with van der Waals surface area (Å²) >= 11 is 0. The highest BCUT2D eigenvalue weighted by atomic mass is 16.3. The lowest BCUT2D eigenvalue weighted by Crippen LogP contribution is -2.50. The van der Waals surface area contributed by atoms with Crippen LogP contribution in [0.15, 0.2) is 18.2 Å². The van der Waals surface area contributed by atoms with Gasteiger partial charge in [0.1, 0.15) is 0 Å². The molecule has 0 fully saturated rings. The van der Waals surface area contributed by atoms with Crippen molar-refractivity contribution in [3.8, 4) is 0 Å². The maximum Gasteiger partial charge on any atom is 0.251 e. The number of rotatable bonds is 5. The van der Waals surface area contributed by atoms with E-state index >= 15 is 0 Å². The lowest BCUT2D eigenvalue weighted by molar-refractivity contribution is 0.0817. The smallest absolute Gasteiger partial charge is 0.251 e. The van der Waals surface area contributed by atoms with Crippen LogP contribution >= 0.6 is 0 Å². The van der Waals surface area contributed by atoms with E-state index in [0.717, 1.165) is 25.7 Å². The van der Waals surface area contributed by atoms with Crippen LogP contribution in [0.1, 0.15) is 61.0 Å². The molecule has 2 rings (SSSR count). The fourth-order valence-electron chi connectivity index (χ4n) is 2.88. The van der Waals surface area contributed by atoms with Crippen LogP contribution in [0.3, 0.4) is 0 Å². The molecule has 1 aromatic carbocycles. The molecule has 0 saturated heterocycles. The van der Waals surface area contributed by atoms with Gasteiger partial charge in [0.15, 0.2) is 0 Å². The van der Waals surface area contributed by atoms with Gasteiger partial charge in [0.25, 0.3) is 5.91 Å². The molecule has 0 atom stereocenters. The van der Waals surface area contributed by atoms with Gasteiger partial charge in [-0.2, -0.15) is 0 Å². The number of hydrogen-bond donors (Lipinski definition) is 2. The zero-order valence-electron chi connectivity index (χ0n) is 12.5. The van der Waals surface area contributed by atoms with E-state index in [1.54, 1.807) is 0 Å². The van der Waals surface area contributed by atoms with Crippen molar-refractivity contribution in [3.05, 3.63) is 34.9 Å². The molecular formula is C17H25NO2. The minimum Gasteiger partial charge on any atom is -0.394 e. The standard InChI is InChI=1S/C17H25NO2/c1-3-17(4-2,12-19)18-16(20)15-10-9-13-7-5-6-8-14(13)11-15/h9-11,19H,3-8,12H2,1-2H3,(H,18,20). The molecule has 0 heterocycles. The summed E-state index contributed by atoms with van der Waals surface area (Å²) in [6, 6.07) is 6.02. The summed E-state index contributed by atoms with van der Waals surface area (Å²) in [5, 5.41) is 12.6. The van der Waals surface area contributed by atoms with Gasteiger partial charge in [-0.3, -0.25) is 4.79 Å². The van der Waals surface area contributed by atoms with Crippen LogP contribution in [-0.2, 0) is 12.8 Å². The van der Waals surface area contributed by atoms with E-state index in [4.69, 9.17) is 0 Å². The first-order valence-electron chi connectivity index (χ1n) is 7.69. The first kappa shape index (κ1) is 15.0. The zero-order valence-corrected chi connectivity index (χ0v) is 12.5. The molecule has 0 unspecified atom stereocenters. The lowest BCUT2D eigenvalue weighted by atomic mass is 9.89. The van der Waals surface area contributed by atoms with E-state index in [-0.39, 0.29) is 12.5 Å². The van der Waals surface area contributed by atoms with Crippen LogP contribution in [0.5, 0.6) is 0 Å². The Morgan fingerprint density at radius 3 is 2.45 bits per heavy atom. The van der Waals surface area contributed by atoms with Crippen molar-refractivity contribution in [2.24, 2.45) is 0 Å². The summed E-state index contributed by atoms with van der Waals surface area (Å²) in [5.74, 6) is -0.0730. The summed E-state index contributed by atoms with van der Waals surface area (Å²) in [6.45, 7) is 3.97. The summed E-state index contributed by atoms with van der Waals surface area (Å²) in [5.41, 5.74) is 2.91. The molecule has 1 aliphatic rings. The second-order valence-corrected chi connectivity index (χ2v) is 5.79. The molecule has 1 aromatic rings. The minimum atomic E-state index is -0.493. The van der Waals surface area contributed by atoms with E-state index in [1.165, 1.54) is 24.0 Å². The summed E-state index contributed by atoms with van der Waals surface area (Å²) < 4.78 is 0. The van der Waals surface area contributed by atoms with Gasteiger partial charge < -0.3 is 10.4 Å². The summed E-state index contributed by atoms with van der Waals surface area (Å²) in [6.07, 6.45) is 6.12. The molecule has 0 radical (unpaired) electrons. The lowest BCUT2D eigenvalue weighted by Gasteiger charge is -2.31. The number of nitrogens with one attached hydrogen (secondary N) is 1. The summed E-state index contributed by atoms with van der Waals surface area (Å²) in [7, 11) is 0. The average molecular weight is 275 g/mol. The monoisotopic (exact) mass is 275 g/mol. The molecular weight excluding hydrogens is 250 g/mol. The average Bonchev–Trinajstić information content (AvgIpc) is 2.52.